The molecule has 1 saturated heterocycles. The number of amides is 1. The third-order valence-corrected chi connectivity index (χ3v) is 8.23. The molecule has 1 spiro atoms. The number of hydrogen-bond acceptors (Lipinski definition) is 5. The molecular formula is C34H42N6O. The van der Waals surface area contributed by atoms with E-state index in [2.05, 4.69) is 72.9 Å². The molecule has 0 bridgehead atoms. The highest BCUT2D eigenvalue weighted by Gasteiger charge is 2.35. The largest absolute Gasteiger partial charge is 0.356 e. The zero-order valence-corrected chi connectivity index (χ0v) is 24.6. The summed E-state index contributed by atoms with van der Waals surface area (Å²) in [5.41, 5.74) is 6.09. The molecule has 5 rings (SSSR count). The van der Waals surface area contributed by atoms with Crippen LogP contribution in [0.5, 0.6) is 0 Å². The minimum atomic E-state index is -0.148. The second kappa shape index (κ2) is 12.2. The minimum absolute atomic E-state index is 0.0835. The average molecular weight is 551 g/mol. The molecule has 1 aliphatic carbocycles. The van der Waals surface area contributed by atoms with Gasteiger partial charge in [-0.1, -0.05) is 30.9 Å². The van der Waals surface area contributed by atoms with Gasteiger partial charge in [0, 0.05) is 31.0 Å². The van der Waals surface area contributed by atoms with E-state index in [-0.39, 0.29) is 18.0 Å². The number of anilines is 2. The fourth-order valence-corrected chi connectivity index (χ4v) is 5.86. The lowest BCUT2D eigenvalue weighted by atomic mass is 9.74. The monoisotopic (exact) mass is 550 g/mol. The zero-order chi connectivity index (χ0) is 28.9. The molecule has 2 N–H and O–H groups in total. The molecule has 3 aromatic heterocycles. The molecule has 0 unspecified atom stereocenters. The lowest BCUT2D eigenvalue weighted by molar-refractivity contribution is 0.0957. The van der Waals surface area contributed by atoms with Gasteiger partial charge in [-0.05, 0) is 95.0 Å². The second-order valence-corrected chi connectivity index (χ2v) is 12.3. The van der Waals surface area contributed by atoms with Gasteiger partial charge in [0.1, 0.15) is 11.6 Å². The van der Waals surface area contributed by atoms with Crippen molar-refractivity contribution in [3.63, 3.8) is 0 Å². The molecule has 0 aromatic carbocycles. The van der Waals surface area contributed by atoms with Crippen molar-refractivity contribution >= 4 is 17.5 Å². The summed E-state index contributed by atoms with van der Waals surface area (Å²) in [6, 6.07) is 13.9. The van der Waals surface area contributed by atoms with Gasteiger partial charge in [-0.3, -0.25) is 4.79 Å². The molecule has 1 aliphatic heterocycles. The van der Waals surface area contributed by atoms with Gasteiger partial charge in [0.2, 0.25) is 0 Å². The summed E-state index contributed by atoms with van der Waals surface area (Å²) in [7, 11) is 0. The van der Waals surface area contributed by atoms with E-state index in [9.17, 15) is 4.79 Å². The van der Waals surface area contributed by atoms with Crippen LogP contribution in [-0.4, -0.2) is 40.1 Å². The number of rotatable bonds is 7. The summed E-state index contributed by atoms with van der Waals surface area (Å²) in [5.74, 6) is 1.52. The summed E-state index contributed by atoms with van der Waals surface area (Å²) in [6.45, 7) is 12.5. The van der Waals surface area contributed by atoms with Gasteiger partial charge < -0.3 is 20.1 Å². The Morgan fingerprint density at radius 3 is 2.46 bits per heavy atom. The summed E-state index contributed by atoms with van der Waals surface area (Å²) in [6.07, 6.45) is 15.9. The first-order valence-corrected chi connectivity index (χ1v) is 14.7. The van der Waals surface area contributed by atoms with Crippen molar-refractivity contribution in [3.8, 4) is 11.4 Å². The average Bonchev–Trinajstić information content (AvgIpc) is 3.39. The molecule has 0 radical (unpaired) electrons. The third kappa shape index (κ3) is 6.98. The van der Waals surface area contributed by atoms with E-state index in [1.165, 1.54) is 38.5 Å². The Hall–Kier alpha value is -4.09. The van der Waals surface area contributed by atoms with Crippen LogP contribution in [-0.2, 0) is 5.54 Å². The van der Waals surface area contributed by atoms with E-state index in [0.717, 1.165) is 30.3 Å². The molecule has 1 fully saturated rings. The van der Waals surface area contributed by atoms with Crippen LogP contribution in [0.2, 0.25) is 0 Å². The van der Waals surface area contributed by atoms with Crippen molar-refractivity contribution in [2.75, 3.05) is 29.9 Å². The van der Waals surface area contributed by atoms with Gasteiger partial charge >= 0.3 is 0 Å². The maximum atomic E-state index is 12.7. The SMILES string of the molecule is C=C=C(CNC(=O)c1ccn(C(C)(C)C)c1)Nc1cccc(-c2cccc(N3CCCC4(CCC=CCC4)C3)n2)n1. The van der Waals surface area contributed by atoms with Crippen molar-refractivity contribution < 1.29 is 4.79 Å². The third-order valence-electron chi connectivity index (χ3n) is 8.23. The molecule has 2 aliphatic rings. The highest BCUT2D eigenvalue weighted by Crippen LogP contribution is 2.41. The van der Waals surface area contributed by atoms with Gasteiger partial charge in [0.15, 0.2) is 0 Å². The maximum Gasteiger partial charge on any atom is 0.253 e. The molecular weight excluding hydrogens is 508 g/mol. The van der Waals surface area contributed by atoms with Crippen LogP contribution < -0.4 is 15.5 Å². The zero-order valence-electron chi connectivity index (χ0n) is 24.6. The summed E-state index contributed by atoms with van der Waals surface area (Å²) in [4.78, 5) is 25.1. The molecule has 0 saturated carbocycles. The Morgan fingerprint density at radius 2 is 1.76 bits per heavy atom. The Balaban J connectivity index is 1.24. The van der Waals surface area contributed by atoms with Crippen LogP contribution in [0.15, 0.2) is 85.0 Å². The number of carbonyl (C=O) groups is 1. The van der Waals surface area contributed by atoms with Crippen molar-refractivity contribution in [2.45, 2.75) is 64.8 Å². The van der Waals surface area contributed by atoms with E-state index in [0.29, 0.717) is 22.5 Å². The van der Waals surface area contributed by atoms with E-state index in [1.54, 1.807) is 0 Å². The van der Waals surface area contributed by atoms with Gasteiger partial charge in [-0.2, -0.15) is 0 Å². The quantitative estimate of drug-likeness (QED) is 0.247. The van der Waals surface area contributed by atoms with Gasteiger partial charge in [-0.25, -0.2) is 9.97 Å². The van der Waals surface area contributed by atoms with Crippen molar-refractivity contribution in [3.05, 3.63) is 90.6 Å². The smallest absolute Gasteiger partial charge is 0.253 e. The number of piperidine rings is 1. The van der Waals surface area contributed by atoms with E-state index in [4.69, 9.17) is 9.97 Å². The van der Waals surface area contributed by atoms with E-state index < -0.39 is 0 Å². The molecule has 1 amide bonds. The molecule has 3 aromatic rings. The molecule has 7 heteroatoms. The Bertz CT molecular complexity index is 1450. The maximum absolute atomic E-state index is 12.7. The second-order valence-electron chi connectivity index (χ2n) is 12.3. The lowest BCUT2D eigenvalue weighted by Gasteiger charge is -2.43. The number of nitrogens with one attached hydrogen (secondary N) is 2. The first-order chi connectivity index (χ1) is 19.7. The summed E-state index contributed by atoms with van der Waals surface area (Å²) < 4.78 is 2.03. The summed E-state index contributed by atoms with van der Waals surface area (Å²) >= 11 is 0. The standard InChI is InChI=1S/C34H42N6O/c1-5-27(23-35-32(41)26-17-22-40(24-26)33(2,3)4)36-30-15-10-13-28(37-30)29-14-11-16-31(38-29)39-21-12-20-34(25-39)18-8-6-7-9-19-34/h6-7,10-11,13-17,22,24H,1,8-9,12,18-21,23,25H2,2-4H3,(H,35,41)(H,36,37). The Labute approximate surface area is 244 Å². The molecule has 41 heavy (non-hydrogen) atoms. The van der Waals surface area contributed by atoms with Crippen LogP contribution in [0, 0.1) is 5.41 Å². The number of allylic oxidation sites excluding steroid dienone is 2. The fraction of sp³-hybridized carbons (Fsp3) is 0.412. The van der Waals surface area contributed by atoms with Crippen LogP contribution in [0.25, 0.3) is 11.4 Å². The van der Waals surface area contributed by atoms with Crippen LogP contribution in [0.3, 0.4) is 0 Å². The number of pyridine rings is 2. The first-order valence-electron chi connectivity index (χ1n) is 14.7. The molecule has 214 valence electrons. The van der Waals surface area contributed by atoms with E-state index >= 15 is 0 Å². The fourth-order valence-electron chi connectivity index (χ4n) is 5.86. The first kappa shape index (κ1) is 28.4. The lowest BCUT2D eigenvalue weighted by Crippen LogP contribution is -2.43. The molecule has 0 atom stereocenters. The topological polar surface area (TPSA) is 75.1 Å². The van der Waals surface area contributed by atoms with Crippen molar-refractivity contribution in [2.24, 2.45) is 5.41 Å². The molecule has 4 heterocycles. The summed E-state index contributed by atoms with van der Waals surface area (Å²) in [5, 5.41) is 6.22. The number of carbonyl (C=O) groups excluding carboxylic acids is 1. The van der Waals surface area contributed by atoms with Crippen molar-refractivity contribution in [1.29, 1.82) is 0 Å². The van der Waals surface area contributed by atoms with Crippen LogP contribution >= 0.6 is 0 Å². The van der Waals surface area contributed by atoms with Gasteiger partial charge in [0.25, 0.3) is 5.91 Å². The highest BCUT2D eigenvalue weighted by atomic mass is 16.1. The minimum Gasteiger partial charge on any atom is -0.356 e. The van der Waals surface area contributed by atoms with Crippen LogP contribution in [0.1, 0.15) is 69.7 Å². The highest BCUT2D eigenvalue weighted by molar-refractivity contribution is 5.94. The number of nitrogens with zero attached hydrogens (tertiary/aromatic N) is 4. The van der Waals surface area contributed by atoms with Crippen molar-refractivity contribution in [1.82, 2.24) is 19.9 Å². The van der Waals surface area contributed by atoms with Gasteiger partial charge in [0.05, 0.1) is 29.2 Å². The number of aromatic nitrogens is 3. The van der Waals surface area contributed by atoms with Gasteiger partial charge in [-0.15, -0.1) is 5.73 Å². The van der Waals surface area contributed by atoms with E-state index in [1.807, 2.05) is 47.3 Å². The Morgan fingerprint density at radius 1 is 1.02 bits per heavy atom. The van der Waals surface area contributed by atoms with Crippen LogP contribution in [0.4, 0.5) is 11.6 Å². The normalized spacial score (nSPS) is 16.6. The predicted octanol–water partition coefficient (Wildman–Crippen LogP) is 6.93. The number of hydrogen-bond donors (Lipinski definition) is 2. The predicted molar refractivity (Wildman–Crippen MR) is 167 cm³/mol. The molecule has 7 nitrogen and oxygen atoms in total. The Kier molecular flexibility index (Phi) is 8.46.